The van der Waals surface area contributed by atoms with Crippen molar-refractivity contribution in [1.82, 2.24) is 15.0 Å². The van der Waals surface area contributed by atoms with Crippen LogP contribution in [0.5, 0.6) is 0 Å². The van der Waals surface area contributed by atoms with Crippen LogP contribution in [-0.4, -0.2) is 39.3 Å². The lowest BCUT2D eigenvalue weighted by Gasteiger charge is -2.21. The van der Waals surface area contributed by atoms with Gasteiger partial charge in [-0.25, -0.2) is 4.68 Å². The molecule has 1 atom stereocenters. The summed E-state index contributed by atoms with van der Waals surface area (Å²) in [6.07, 6.45) is 0.846. The van der Waals surface area contributed by atoms with Gasteiger partial charge in [-0.2, -0.15) is 0 Å². The summed E-state index contributed by atoms with van der Waals surface area (Å²) in [4.78, 5) is 12.4. The number of esters is 1. The molecule has 0 saturated carbocycles. The van der Waals surface area contributed by atoms with Crippen LogP contribution < -0.4 is 0 Å². The van der Waals surface area contributed by atoms with Crippen LogP contribution >= 0.6 is 0 Å². The van der Waals surface area contributed by atoms with Crippen molar-refractivity contribution in [3.63, 3.8) is 0 Å². The summed E-state index contributed by atoms with van der Waals surface area (Å²) in [6.45, 7) is 9.14. The van der Waals surface area contributed by atoms with Gasteiger partial charge < -0.3 is 9.84 Å². The van der Waals surface area contributed by atoms with Crippen molar-refractivity contribution in [3.05, 3.63) is 58.1 Å². The molecular weight excluding hydrogens is 366 g/mol. The summed E-state index contributed by atoms with van der Waals surface area (Å²) >= 11 is 0. The number of fused-ring (bicyclic) bond motifs is 1. The van der Waals surface area contributed by atoms with Gasteiger partial charge in [-0.05, 0) is 68.0 Å². The number of carbonyl (C=O) groups excluding carboxylic acids is 1. The van der Waals surface area contributed by atoms with Gasteiger partial charge in [-0.15, -0.1) is 5.10 Å². The summed E-state index contributed by atoms with van der Waals surface area (Å²) in [5.41, 5.74) is 7.20. The Morgan fingerprint density at radius 1 is 1.21 bits per heavy atom. The van der Waals surface area contributed by atoms with E-state index in [4.69, 9.17) is 4.74 Å². The fourth-order valence-corrected chi connectivity index (χ4v) is 3.89. The van der Waals surface area contributed by atoms with E-state index in [1.807, 2.05) is 38.4 Å². The first kappa shape index (κ1) is 21.0. The van der Waals surface area contributed by atoms with E-state index in [2.05, 4.69) is 34.6 Å². The fourth-order valence-electron chi connectivity index (χ4n) is 3.89. The maximum Gasteiger partial charge on any atom is 0.306 e. The molecule has 0 amide bonds. The molecule has 3 rings (SSSR count). The molecule has 1 aromatic heterocycles. The maximum atomic E-state index is 12.4. The summed E-state index contributed by atoms with van der Waals surface area (Å²) in [5, 5.41) is 18.0. The molecule has 0 aliphatic rings. The molecule has 0 saturated heterocycles. The zero-order chi connectivity index (χ0) is 21.0. The molecule has 3 aromatic rings. The first-order valence-electron chi connectivity index (χ1n) is 10.2. The highest BCUT2D eigenvalue weighted by atomic mass is 16.5. The van der Waals surface area contributed by atoms with Crippen LogP contribution in [-0.2, 0) is 22.5 Å². The highest BCUT2D eigenvalue weighted by Gasteiger charge is 2.23. The van der Waals surface area contributed by atoms with Gasteiger partial charge in [0.25, 0.3) is 0 Å². The van der Waals surface area contributed by atoms with Crippen molar-refractivity contribution in [3.8, 4) is 0 Å². The number of carbonyl (C=O) groups is 1. The van der Waals surface area contributed by atoms with Gasteiger partial charge in [0.15, 0.2) is 0 Å². The number of nitrogens with zero attached hydrogens (tertiary/aromatic N) is 3. The number of aliphatic hydroxyl groups is 1. The highest BCUT2D eigenvalue weighted by molar-refractivity contribution is 5.80. The van der Waals surface area contributed by atoms with Gasteiger partial charge in [-0.3, -0.25) is 4.79 Å². The normalized spacial score (nSPS) is 12.3. The predicted octanol–water partition coefficient (Wildman–Crippen LogP) is 3.69. The van der Waals surface area contributed by atoms with Crippen LogP contribution in [0.4, 0.5) is 0 Å². The predicted molar refractivity (Wildman–Crippen MR) is 113 cm³/mol. The van der Waals surface area contributed by atoms with Gasteiger partial charge >= 0.3 is 5.97 Å². The Labute approximate surface area is 171 Å². The highest BCUT2D eigenvalue weighted by Crippen LogP contribution is 2.34. The number of aryl methyl sites for hydroxylation is 3. The third-order valence-electron chi connectivity index (χ3n) is 5.49. The minimum absolute atomic E-state index is 0.0952. The summed E-state index contributed by atoms with van der Waals surface area (Å²) in [6, 6.07) is 10.3. The number of aliphatic hydroxyl groups excluding tert-OH is 1. The fraction of sp³-hybridized carbons (Fsp3) is 0.435. The quantitative estimate of drug-likeness (QED) is 0.589. The maximum absolute atomic E-state index is 12.4. The molecule has 29 heavy (non-hydrogen) atoms. The van der Waals surface area contributed by atoms with Crippen LogP contribution in [0.2, 0.25) is 0 Å². The van der Waals surface area contributed by atoms with E-state index in [0.29, 0.717) is 13.0 Å². The average molecular weight is 396 g/mol. The average Bonchev–Trinajstić information content (AvgIpc) is 3.13. The number of aromatic nitrogens is 3. The molecule has 0 fully saturated rings. The van der Waals surface area contributed by atoms with Crippen LogP contribution in [0.25, 0.3) is 11.0 Å². The van der Waals surface area contributed by atoms with E-state index in [-0.39, 0.29) is 24.9 Å². The summed E-state index contributed by atoms with van der Waals surface area (Å²) in [5.74, 6) is -0.373. The summed E-state index contributed by atoms with van der Waals surface area (Å²) in [7, 11) is 0. The minimum atomic E-state index is -0.224. The molecule has 0 aliphatic carbocycles. The molecule has 0 spiro atoms. The van der Waals surface area contributed by atoms with Gasteiger partial charge in [0, 0.05) is 19.1 Å². The second kappa shape index (κ2) is 9.18. The Balaban J connectivity index is 2.11. The third-order valence-corrected chi connectivity index (χ3v) is 5.49. The van der Waals surface area contributed by atoms with Crippen molar-refractivity contribution in [2.45, 2.75) is 53.0 Å². The van der Waals surface area contributed by atoms with Crippen LogP contribution in [0, 0.1) is 13.8 Å². The van der Waals surface area contributed by atoms with Crippen molar-refractivity contribution in [1.29, 1.82) is 0 Å². The molecule has 0 aliphatic heterocycles. The molecule has 0 radical (unpaired) electrons. The number of benzene rings is 2. The minimum Gasteiger partial charge on any atom is -0.466 e. The zero-order valence-electron chi connectivity index (χ0n) is 17.6. The topological polar surface area (TPSA) is 77.2 Å². The van der Waals surface area contributed by atoms with E-state index < -0.39 is 0 Å². The lowest BCUT2D eigenvalue weighted by Crippen LogP contribution is -2.13. The van der Waals surface area contributed by atoms with E-state index in [9.17, 15) is 9.90 Å². The molecule has 2 aromatic carbocycles. The number of hydrogen-bond donors (Lipinski definition) is 1. The molecule has 0 unspecified atom stereocenters. The second-order valence-electron chi connectivity index (χ2n) is 7.27. The first-order chi connectivity index (χ1) is 14.0. The number of ether oxygens (including phenoxy) is 1. The molecule has 6 heteroatoms. The van der Waals surface area contributed by atoms with Gasteiger partial charge in [0.1, 0.15) is 5.52 Å². The van der Waals surface area contributed by atoms with E-state index >= 15 is 0 Å². The molecular formula is C23H29N3O3. The van der Waals surface area contributed by atoms with Gasteiger partial charge in [0.05, 0.1) is 18.5 Å². The zero-order valence-corrected chi connectivity index (χ0v) is 17.6. The van der Waals surface area contributed by atoms with Crippen molar-refractivity contribution in [2.75, 3.05) is 13.2 Å². The molecule has 1 heterocycles. The SMILES string of the molecule is CCOC(=O)C[C@@H](c1ccc(C)c(CCO)c1)c1ccc2c(nnn2CC)c1C. The number of rotatable bonds is 8. The van der Waals surface area contributed by atoms with E-state index in [1.54, 1.807) is 0 Å². The summed E-state index contributed by atoms with van der Waals surface area (Å²) < 4.78 is 7.13. The Bertz CT molecular complexity index is 1010. The van der Waals surface area contributed by atoms with Crippen LogP contribution in [0.3, 0.4) is 0 Å². The molecule has 6 nitrogen and oxygen atoms in total. The van der Waals surface area contributed by atoms with Gasteiger partial charge in [0.2, 0.25) is 0 Å². The van der Waals surface area contributed by atoms with Crippen molar-refractivity contribution >= 4 is 17.0 Å². The lowest BCUT2D eigenvalue weighted by atomic mass is 9.84. The van der Waals surface area contributed by atoms with E-state index in [0.717, 1.165) is 45.4 Å². The van der Waals surface area contributed by atoms with Crippen LogP contribution in [0.1, 0.15) is 54.0 Å². The van der Waals surface area contributed by atoms with Crippen molar-refractivity contribution in [2.24, 2.45) is 0 Å². The Kier molecular flexibility index (Phi) is 6.64. The Morgan fingerprint density at radius 3 is 2.69 bits per heavy atom. The number of hydrogen-bond acceptors (Lipinski definition) is 5. The standard InChI is InChI=1S/C23H29N3O3/c1-5-26-21-10-9-19(16(4)23(21)24-25-26)20(14-22(28)29-6-2)18-8-7-15(3)17(13-18)11-12-27/h7-10,13,20,27H,5-6,11-12,14H2,1-4H3/t20-/m0/s1. The molecule has 154 valence electrons. The molecule has 1 N–H and O–H groups in total. The smallest absolute Gasteiger partial charge is 0.306 e. The van der Waals surface area contributed by atoms with Crippen LogP contribution in [0.15, 0.2) is 30.3 Å². The molecule has 0 bridgehead atoms. The second-order valence-corrected chi connectivity index (χ2v) is 7.27. The van der Waals surface area contributed by atoms with Gasteiger partial charge in [-0.1, -0.05) is 29.5 Å². The van der Waals surface area contributed by atoms with Crippen molar-refractivity contribution < 1.29 is 14.6 Å². The Morgan fingerprint density at radius 2 is 2.00 bits per heavy atom. The monoisotopic (exact) mass is 395 g/mol. The van der Waals surface area contributed by atoms with E-state index in [1.165, 1.54) is 0 Å². The largest absolute Gasteiger partial charge is 0.466 e. The lowest BCUT2D eigenvalue weighted by molar-refractivity contribution is -0.143. The first-order valence-corrected chi connectivity index (χ1v) is 10.2. The third kappa shape index (κ3) is 4.32. The Hall–Kier alpha value is -2.73.